The van der Waals surface area contributed by atoms with Crippen LogP contribution in [0, 0.1) is 11.8 Å². The molecule has 0 aliphatic heterocycles. The first-order valence-corrected chi connectivity index (χ1v) is 5.16. The third-order valence-corrected chi connectivity index (χ3v) is 2.26. The average molecular weight is 201 g/mol. The van der Waals surface area contributed by atoms with Gasteiger partial charge in [0.05, 0.1) is 0 Å². The fourth-order valence-electron chi connectivity index (χ4n) is 1.26. The summed E-state index contributed by atoms with van der Waals surface area (Å²) in [4.78, 5) is 13.3. The zero-order chi connectivity index (χ0) is 11.1. The van der Waals surface area contributed by atoms with Crippen molar-refractivity contribution in [3.05, 3.63) is 0 Å². The van der Waals surface area contributed by atoms with Gasteiger partial charge >= 0.3 is 0 Å². The molecule has 0 aliphatic rings. The van der Waals surface area contributed by atoms with Crippen molar-refractivity contribution in [1.29, 1.82) is 0 Å². The van der Waals surface area contributed by atoms with Gasteiger partial charge in [0, 0.05) is 12.5 Å². The van der Waals surface area contributed by atoms with E-state index in [1.54, 1.807) is 0 Å². The smallest absolute Gasteiger partial charge is 0.237 e. The van der Waals surface area contributed by atoms with E-state index in [9.17, 15) is 4.79 Å². The third-order valence-electron chi connectivity index (χ3n) is 2.26. The number of nitrogens with zero attached hydrogens (tertiary/aromatic N) is 1. The summed E-state index contributed by atoms with van der Waals surface area (Å²) in [7, 11) is 2.03. The molecular weight excluding hydrogens is 178 g/mol. The predicted octanol–water partition coefficient (Wildman–Crippen LogP) is 0.590. The molecule has 0 aromatic rings. The van der Waals surface area contributed by atoms with Gasteiger partial charge in [0.15, 0.2) is 0 Å². The van der Waals surface area contributed by atoms with E-state index in [1.807, 2.05) is 14.0 Å². The average Bonchev–Trinajstić information content (AvgIpc) is 2.13. The highest BCUT2D eigenvalue weighted by Crippen LogP contribution is 2.03. The van der Waals surface area contributed by atoms with Gasteiger partial charge in [-0.15, -0.1) is 0 Å². The van der Waals surface area contributed by atoms with Crippen LogP contribution in [-0.2, 0) is 4.79 Å². The van der Waals surface area contributed by atoms with Crippen LogP contribution in [0.5, 0.6) is 0 Å². The Labute approximate surface area is 86.8 Å². The molecule has 0 spiro atoms. The second kappa shape index (κ2) is 6.79. The van der Waals surface area contributed by atoms with Gasteiger partial charge in [-0.25, -0.2) is 5.84 Å². The number of nitrogens with two attached hydrogens (primary N) is 1. The first-order valence-electron chi connectivity index (χ1n) is 5.16. The third kappa shape index (κ3) is 5.94. The molecule has 0 saturated carbocycles. The number of nitrogens with one attached hydrogen (secondary N) is 1. The molecule has 14 heavy (non-hydrogen) atoms. The number of hydrazine groups is 1. The molecule has 0 aliphatic carbocycles. The Kier molecular flexibility index (Phi) is 6.49. The number of rotatable bonds is 6. The molecular formula is C10H23N3O. The number of hydrogen-bond donors (Lipinski definition) is 2. The molecule has 0 radical (unpaired) electrons. The summed E-state index contributed by atoms with van der Waals surface area (Å²) < 4.78 is 0. The highest BCUT2D eigenvalue weighted by atomic mass is 16.2. The van der Waals surface area contributed by atoms with Crippen molar-refractivity contribution in [3.63, 3.8) is 0 Å². The van der Waals surface area contributed by atoms with Crippen molar-refractivity contribution >= 4 is 5.91 Å². The Hall–Kier alpha value is -0.610. The number of hydrogen-bond acceptors (Lipinski definition) is 3. The summed E-state index contributed by atoms with van der Waals surface area (Å²) in [6.07, 6.45) is 1.16. The molecule has 0 rings (SSSR count). The lowest BCUT2D eigenvalue weighted by atomic mass is 10.1. The maximum atomic E-state index is 11.1. The summed E-state index contributed by atoms with van der Waals surface area (Å²) >= 11 is 0. The van der Waals surface area contributed by atoms with Gasteiger partial charge in [0.1, 0.15) is 0 Å². The van der Waals surface area contributed by atoms with Crippen LogP contribution in [-0.4, -0.2) is 30.9 Å². The van der Waals surface area contributed by atoms with Crippen LogP contribution in [0.4, 0.5) is 0 Å². The Morgan fingerprint density at radius 3 is 2.43 bits per heavy atom. The van der Waals surface area contributed by atoms with Crippen LogP contribution in [0.3, 0.4) is 0 Å². The molecule has 0 aromatic carbocycles. The minimum Gasteiger partial charge on any atom is -0.306 e. The lowest BCUT2D eigenvalue weighted by Crippen LogP contribution is -2.39. The van der Waals surface area contributed by atoms with Crippen molar-refractivity contribution in [2.75, 3.05) is 20.1 Å². The van der Waals surface area contributed by atoms with E-state index in [0.717, 1.165) is 19.5 Å². The maximum absolute atomic E-state index is 11.1. The molecule has 1 atom stereocenters. The highest BCUT2D eigenvalue weighted by Gasteiger charge is 2.13. The molecule has 4 nitrogen and oxygen atoms in total. The second-order valence-corrected chi connectivity index (χ2v) is 4.35. The van der Waals surface area contributed by atoms with Crippen molar-refractivity contribution < 1.29 is 4.79 Å². The molecule has 0 heterocycles. The van der Waals surface area contributed by atoms with E-state index < -0.39 is 0 Å². The van der Waals surface area contributed by atoms with Crippen LogP contribution in [0.15, 0.2) is 0 Å². The van der Waals surface area contributed by atoms with E-state index in [1.165, 1.54) is 0 Å². The SMILES string of the molecule is CC(C)CCN(C)CC(C)C(=O)NN. The normalized spacial score (nSPS) is 13.4. The summed E-state index contributed by atoms with van der Waals surface area (Å²) in [5, 5.41) is 0. The van der Waals surface area contributed by atoms with Gasteiger partial charge in [-0.1, -0.05) is 20.8 Å². The van der Waals surface area contributed by atoms with Gasteiger partial charge in [-0.05, 0) is 25.9 Å². The van der Waals surface area contributed by atoms with Gasteiger partial charge in [0.2, 0.25) is 5.91 Å². The van der Waals surface area contributed by atoms with Crippen molar-refractivity contribution in [2.24, 2.45) is 17.7 Å². The lowest BCUT2D eigenvalue weighted by Gasteiger charge is -2.20. The minimum absolute atomic E-state index is 0.0443. The van der Waals surface area contributed by atoms with Gasteiger partial charge in [-0.3, -0.25) is 10.2 Å². The molecule has 0 saturated heterocycles. The molecule has 1 amide bonds. The first-order chi connectivity index (χ1) is 6.47. The van der Waals surface area contributed by atoms with Gasteiger partial charge in [-0.2, -0.15) is 0 Å². The summed E-state index contributed by atoms with van der Waals surface area (Å²) in [5.41, 5.74) is 2.17. The minimum atomic E-state index is -0.0959. The standard InChI is InChI=1S/C10H23N3O/c1-8(2)5-6-13(4)7-9(3)10(14)12-11/h8-9H,5-7,11H2,1-4H3,(H,12,14). The Bertz CT molecular complexity index is 171. The van der Waals surface area contributed by atoms with Gasteiger partial charge < -0.3 is 4.90 Å². The Balaban J connectivity index is 3.70. The van der Waals surface area contributed by atoms with Crippen molar-refractivity contribution in [1.82, 2.24) is 10.3 Å². The molecule has 4 heteroatoms. The van der Waals surface area contributed by atoms with Crippen molar-refractivity contribution in [2.45, 2.75) is 27.2 Å². The fourth-order valence-corrected chi connectivity index (χ4v) is 1.26. The maximum Gasteiger partial charge on any atom is 0.237 e. The fraction of sp³-hybridized carbons (Fsp3) is 0.900. The predicted molar refractivity (Wildman–Crippen MR) is 58.4 cm³/mol. The number of carbonyl (C=O) groups excluding carboxylic acids is 1. The van der Waals surface area contributed by atoms with E-state index in [0.29, 0.717) is 5.92 Å². The first kappa shape index (κ1) is 13.4. The molecule has 0 fully saturated rings. The summed E-state index contributed by atoms with van der Waals surface area (Å²) in [6, 6.07) is 0. The Morgan fingerprint density at radius 2 is 2.00 bits per heavy atom. The Morgan fingerprint density at radius 1 is 1.43 bits per heavy atom. The molecule has 0 aromatic heterocycles. The van der Waals surface area contributed by atoms with Crippen molar-refractivity contribution in [3.8, 4) is 0 Å². The monoisotopic (exact) mass is 201 g/mol. The summed E-state index contributed by atoms with van der Waals surface area (Å²) in [6.45, 7) is 8.07. The zero-order valence-corrected chi connectivity index (χ0v) is 9.71. The molecule has 1 unspecified atom stereocenters. The topological polar surface area (TPSA) is 58.4 Å². The van der Waals surface area contributed by atoms with Crippen LogP contribution in [0.1, 0.15) is 27.2 Å². The van der Waals surface area contributed by atoms with Crippen LogP contribution in [0.25, 0.3) is 0 Å². The largest absolute Gasteiger partial charge is 0.306 e. The second-order valence-electron chi connectivity index (χ2n) is 4.35. The number of carbonyl (C=O) groups is 1. The highest BCUT2D eigenvalue weighted by molar-refractivity contribution is 5.77. The van der Waals surface area contributed by atoms with E-state index >= 15 is 0 Å². The molecule has 0 bridgehead atoms. The van der Waals surface area contributed by atoms with E-state index in [4.69, 9.17) is 5.84 Å². The van der Waals surface area contributed by atoms with Crippen LogP contribution >= 0.6 is 0 Å². The van der Waals surface area contributed by atoms with Gasteiger partial charge in [0.25, 0.3) is 0 Å². The van der Waals surface area contributed by atoms with Crippen LogP contribution in [0.2, 0.25) is 0 Å². The summed E-state index contributed by atoms with van der Waals surface area (Å²) in [5.74, 6) is 5.62. The van der Waals surface area contributed by atoms with E-state index in [2.05, 4.69) is 24.2 Å². The van der Waals surface area contributed by atoms with Crippen LogP contribution < -0.4 is 11.3 Å². The quantitative estimate of drug-likeness (QED) is 0.376. The molecule has 3 N–H and O–H groups in total. The zero-order valence-electron chi connectivity index (χ0n) is 9.71. The lowest BCUT2D eigenvalue weighted by molar-refractivity contribution is -0.125. The molecule has 84 valence electrons. The number of amides is 1. The van der Waals surface area contributed by atoms with E-state index in [-0.39, 0.29) is 11.8 Å².